The minimum Gasteiger partial charge on any atom is -0.349 e. The Morgan fingerprint density at radius 2 is 1.85 bits per heavy atom. The summed E-state index contributed by atoms with van der Waals surface area (Å²) in [5.41, 5.74) is 5.73. The number of hydrogen-bond acceptors (Lipinski definition) is 3. The van der Waals surface area contributed by atoms with Crippen LogP contribution in [0.5, 0.6) is 0 Å². The number of hydrogen-bond donors (Lipinski definition) is 3. The van der Waals surface area contributed by atoms with Crippen molar-refractivity contribution in [3.8, 4) is 0 Å². The maximum Gasteiger partial charge on any atom is 0.394 e. The van der Waals surface area contributed by atoms with Crippen molar-refractivity contribution in [1.82, 2.24) is 15.3 Å². The molecule has 0 saturated heterocycles. The van der Waals surface area contributed by atoms with Gasteiger partial charge in [0.1, 0.15) is 5.82 Å². The first-order valence-electron chi connectivity index (χ1n) is 10.8. The summed E-state index contributed by atoms with van der Waals surface area (Å²) in [6.07, 6.45) is -8.21. The number of carbonyl (C=O) groups is 1. The average molecular weight is 478 g/mol. The van der Waals surface area contributed by atoms with Crippen molar-refractivity contribution >= 4 is 16.9 Å². The summed E-state index contributed by atoms with van der Waals surface area (Å²) in [5.74, 6) is -2.11. The Bertz CT molecular complexity index is 993. The van der Waals surface area contributed by atoms with E-state index in [0.29, 0.717) is 16.6 Å². The molecule has 2 aromatic rings. The summed E-state index contributed by atoms with van der Waals surface area (Å²) in [4.78, 5) is 19.5. The fourth-order valence-corrected chi connectivity index (χ4v) is 3.71. The monoisotopic (exact) mass is 478 g/mol. The van der Waals surface area contributed by atoms with Gasteiger partial charge in [-0.2, -0.15) is 26.3 Å². The molecule has 1 heterocycles. The van der Waals surface area contributed by atoms with Gasteiger partial charge in [-0.3, -0.25) is 4.79 Å². The highest BCUT2D eigenvalue weighted by molar-refractivity contribution is 5.78. The topological polar surface area (TPSA) is 83.8 Å². The highest BCUT2D eigenvalue weighted by Crippen LogP contribution is 2.44. The number of fused-ring (bicyclic) bond motifs is 1. The number of aromatic nitrogens is 2. The van der Waals surface area contributed by atoms with Crippen molar-refractivity contribution in [3.05, 3.63) is 29.6 Å². The van der Waals surface area contributed by atoms with Crippen LogP contribution in [0, 0.1) is 17.3 Å². The van der Waals surface area contributed by atoms with Crippen molar-refractivity contribution in [3.63, 3.8) is 0 Å². The Morgan fingerprint density at radius 3 is 2.39 bits per heavy atom. The number of rotatable bonds is 8. The standard InChI is InChI=1S/C22H28F6N4O/c1-11(21(23,24)25)8-17(33)32-18(12-4-5-12)13-6-7-15-16(9-13)31-19(30-15)14(29)10-20(2,3)22(26,27)28/h6-7,9,11-12,14,18H,4-5,8,10,29H2,1-3H3,(H,30,31)(H,32,33)/t11?,14-,18+/m0/s1. The van der Waals surface area contributed by atoms with Crippen LogP contribution in [0.1, 0.15) is 69.9 Å². The second kappa shape index (κ2) is 8.81. The minimum absolute atomic E-state index is 0.116. The van der Waals surface area contributed by atoms with Crippen LogP contribution in [0.4, 0.5) is 26.3 Å². The molecule has 0 spiro atoms. The lowest BCUT2D eigenvalue weighted by Gasteiger charge is -2.29. The Morgan fingerprint density at radius 1 is 1.21 bits per heavy atom. The van der Waals surface area contributed by atoms with Gasteiger partial charge in [-0.05, 0) is 42.9 Å². The Balaban J connectivity index is 1.77. The minimum atomic E-state index is -4.45. The number of aromatic amines is 1. The molecule has 1 aromatic carbocycles. The van der Waals surface area contributed by atoms with E-state index in [0.717, 1.165) is 33.6 Å². The van der Waals surface area contributed by atoms with Gasteiger partial charge in [-0.1, -0.05) is 26.8 Å². The second-order valence-corrected chi connectivity index (χ2v) is 9.62. The lowest BCUT2D eigenvalue weighted by Crippen LogP contribution is -2.35. The van der Waals surface area contributed by atoms with E-state index < -0.39 is 48.1 Å². The molecule has 1 aliphatic rings. The lowest BCUT2D eigenvalue weighted by atomic mass is 9.85. The summed E-state index contributed by atoms with van der Waals surface area (Å²) in [5, 5.41) is 2.72. The normalized spacial score (nSPS) is 18.2. The summed E-state index contributed by atoms with van der Waals surface area (Å²) in [6, 6.07) is 3.66. The van der Waals surface area contributed by atoms with E-state index in [1.807, 2.05) is 0 Å². The molecule has 11 heteroatoms. The number of amides is 1. The molecule has 1 aromatic heterocycles. The maximum absolute atomic E-state index is 13.2. The smallest absolute Gasteiger partial charge is 0.349 e. The zero-order valence-electron chi connectivity index (χ0n) is 18.6. The van der Waals surface area contributed by atoms with Crippen molar-refractivity contribution < 1.29 is 31.1 Å². The Labute approximate surface area is 187 Å². The second-order valence-electron chi connectivity index (χ2n) is 9.62. The predicted molar refractivity (Wildman–Crippen MR) is 111 cm³/mol. The van der Waals surface area contributed by atoms with E-state index in [-0.39, 0.29) is 18.2 Å². The van der Waals surface area contributed by atoms with Crippen LogP contribution in [-0.2, 0) is 4.79 Å². The third-order valence-electron chi connectivity index (χ3n) is 6.19. The molecular weight excluding hydrogens is 450 g/mol. The van der Waals surface area contributed by atoms with Crippen LogP contribution in [0.2, 0.25) is 0 Å². The van der Waals surface area contributed by atoms with Crippen molar-refractivity contribution in [1.29, 1.82) is 0 Å². The van der Waals surface area contributed by atoms with Gasteiger partial charge in [-0.15, -0.1) is 0 Å². The molecule has 0 aliphatic heterocycles. The highest BCUT2D eigenvalue weighted by atomic mass is 19.4. The van der Waals surface area contributed by atoms with Crippen LogP contribution in [-0.4, -0.2) is 28.2 Å². The first-order valence-corrected chi connectivity index (χ1v) is 10.8. The SMILES string of the molecule is CC(CC(=O)N[C@@H](c1ccc2nc([C@@H](N)CC(C)(C)C(F)(F)F)[nH]c2c1)C1CC1)C(F)(F)F. The molecule has 33 heavy (non-hydrogen) atoms. The number of nitrogens with two attached hydrogens (primary N) is 1. The van der Waals surface area contributed by atoms with E-state index in [4.69, 9.17) is 5.73 Å². The van der Waals surface area contributed by atoms with Crippen LogP contribution >= 0.6 is 0 Å². The lowest BCUT2D eigenvalue weighted by molar-refractivity contribution is -0.215. The van der Waals surface area contributed by atoms with Gasteiger partial charge in [0, 0.05) is 6.42 Å². The zero-order chi connectivity index (χ0) is 24.8. The highest BCUT2D eigenvalue weighted by Gasteiger charge is 2.48. The van der Waals surface area contributed by atoms with Crippen molar-refractivity contribution in [2.45, 2.75) is 70.9 Å². The number of alkyl halides is 6. The van der Waals surface area contributed by atoms with Crippen LogP contribution in [0.3, 0.4) is 0 Å². The van der Waals surface area contributed by atoms with E-state index >= 15 is 0 Å². The van der Waals surface area contributed by atoms with Gasteiger partial charge in [0.15, 0.2) is 0 Å². The molecule has 5 nitrogen and oxygen atoms in total. The molecule has 1 aliphatic carbocycles. The van der Waals surface area contributed by atoms with Crippen LogP contribution in [0.15, 0.2) is 18.2 Å². The first kappa shape index (κ1) is 25.3. The van der Waals surface area contributed by atoms with Crippen molar-refractivity contribution in [2.75, 3.05) is 0 Å². The fraction of sp³-hybridized carbons (Fsp3) is 0.636. The molecule has 1 unspecified atom stereocenters. The molecule has 4 N–H and O–H groups in total. The number of halogens is 6. The largest absolute Gasteiger partial charge is 0.394 e. The first-order chi connectivity index (χ1) is 15.1. The number of benzene rings is 1. The average Bonchev–Trinajstić information content (AvgIpc) is 3.41. The maximum atomic E-state index is 13.2. The molecule has 184 valence electrons. The zero-order valence-corrected chi connectivity index (χ0v) is 18.6. The molecular formula is C22H28F6N4O. The van der Waals surface area contributed by atoms with Gasteiger partial charge in [0.05, 0.1) is 34.4 Å². The Kier molecular flexibility index (Phi) is 6.76. The van der Waals surface area contributed by atoms with Gasteiger partial charge in [0.25, 0.3) is 0 Å². The van der Waals surface area contributed by atoms with E-state index in [9.17, 15) is 31.1 Å². The van der Waals surface area contributed by atoms with Crippen LogP contribution < -0.4 is 11.1 Å². The number of imidazole rings is 1. The molecule has 1 fully saturated rings. The molecule has 1 saturated carbocycles. The van der Waals surface area contributed by atoms with Gasteiger partial charge in [0.2, 0.25) is 5.91 Å². The van der Waals surface area contributed by atoms with Gasteiger partial charge < -0.3 is 16.0 Å². The molecule has 1 amide bonds. The van der Waals surface area contributed by atoms with E-state index in [1.165, 1.54) is 0 Å². The molecule has 3 rings (SSSR count). The fourth-order valence-electron chi connectivity index (χ4n) is 3.71. The molecule has 0 radical (unpaired) electrons. The predicted octanol–water partition coefficient (Wildman–Crippen LogP) is 5.70. The molecule has 3 atom stereocenters. The number of nitrogens with one attached hydrogen (secondary N) is 2. The third-order valence-corrected chi connectivity index (χ3v) is 6.19. The summed E-state index contributed by atoms with van der Waals surface area (Å²) in [7, 11) is 0. The van der Waals surface area contributed by atoms with Gasteiger partial charge in [-0.25, -0.2) is 4.98 Å². The molecule has 0 bridgehead atoms. The van der Waals surface area contributed by atoms with Crippen LogP contribution in [0.25, 0.3) is 11.0 Å². The Hall–Kier alpha value is -2.30. The quantitative estimate of drug-likeness (QED) is 0.426. The van der Waals surface area contributed by atoms with E-state index in [1.54, 1.807) is 18.2 Å². The number of H-pyrrole nitrogens is 1. The van der Waals surface area contributed by atoms with E-state index in [2.05, 4.69) is 15.3 Å². The third kappa shape index (κ3) is 5.99. The summed E-state index contributed by atoms with van der Waals surface area (Å²) >= 11 is 0. The number of carbonyl (C=O) groups excluding carboxylic acids is 1. The number of nitrogens with zero attached hydrogens (tertiary/aromatic N) is 1. The summed E-state index contributed by atoms with van der Waals surface area (Å²) < 4.78 is 78.0. The summed E-state index contributed by atoms with van der Waals surface area (Å²) in [6.45, 7) is 3.12. The van der Waals surface area contributed by atoms with Crippen molar-refractivity contribution in [2.24, 2.45) is 23.0 Å². The van der Waals surface area contributed by atoms with Gasteiger partial charge >= 0.3 is 12.4 Å².